The summed E-state index contributed by atoms with van der Waals surface area (Å²) >= 11 is 6.12. The zero-order valence-electron chi connectivity index (χ0n) is 17.1. The first kappa shape index (κ1) is 21.3. The van der Waals surface area contributed by atoms with E-state index < -0.39 is 11.8 Å². The molecule has 0 fully saturated rings. The maximum Gasteiger partial charge on any atom is 0.289 e. The number of rotatable bonds is 5. The molecule has 0 aliphatic heterocycles. The van der Waals surface area contributed by atoms with Crippen molar-refractivity contribution in [1.82, 2.24) is 25.6 Å². The number of hydrogen-bond donors (Lipinski definition) is 2. The third kappa shape index (κ3) is 5.15. The second-order valence-electron chi connectivity index (χ2n) is 6.95. The minimum absolute atomic E-state index is 0.0303. The molecule has 156 valence electrons. The number of aromatic nitrogens is 3. The highest BCUT2D eigenvalue weighted by atomic mass is 35.5. The zero-order chi connectivity index (χ0) is 21.8. The first-order chi connectivity index (χ1) is 14.2. The summed E-state index contributed by atoms with van der Waals surface area (Å²) in [5, 5.41) is 4.49. The number of carbonyl (C=O) groups excluding carboxylic acids is 2. The first-order valence-corrected chi connectivity index (χ1v) is 9.61. The Balaban J connectivity index is 1.62. The monoisotopic (exact) mass is 427 g/mol. The molecule has 9 heteroatoms. The van der Waals surface area contributed by atoms with E-state index in [1.807, 2.05) is 52.0 Å². The highest BCUT2D eigenvalue weighted by Gasteiger charge is 2.16. The molecule has 0 bridgehead atoms. The molecular weight excluding hydrogens is 406 g/mol. The van der Waals surface area contributed by atoms with Gasteiger partial charge in [-0.2, -0.15) is 5.10 Å². The molecule has 0 saturated carbocycles. The number of amides is 2. The molecule has 3 aromatic rings. The second-order valence-corrected chi connectivity index (χ2v) is 7.36. The van der Waals surface area contributed by atoms with E-state index in [9.17, 15) is 9.59 Å². The summed E-state index contributed by atoms with van der Waals surface area (Å²) in [5.41, 5.74) is 8.32. The number of hydrogen-bond acceptors (Lipinski definition) is 5. The van der Waals surface area contributed by atoms with Gasteiger partial charge in [0.1, 0.15) is 5.75 Å². The molecule has 2 amide bonds. The van der Waals surface area contributed by atoms with Crippen molar-refractivity contribution in [3.63, 3.8) is 0 Å². The number of ether oxygens (including phenoxy) is 1. The molecule has 2 heterocycles. The van der Waals surface area contributed by atoms with Gasteiger partial charge in [-0.05, 0) is 69.2 Å². The lowest BCUT2D eigenvalue weighted by atomic mass is 10.1. The van der Waals surface area contributed by atoms with Gasteiger partial charge in [0.05, 0.1) is 10.7 Å². The SMILES string of the molecule is Cc1cc(C)cc(OCC(=O)NNC(=O)c2nc(-n3nc(C)cc3C)ccc2Cl)c1. The van der Waals surface area contributed by atoms with Crippen LogP contribution in [0.1, 0.15) is 33.0 Å². The predicted molar refractivity (Wildman–Crippen MR) is 113 cm³/mol. The Bertz CT molecular complexity index is 1090. The number of hydrazine groups is 1. The average Bonchev–Trinajstić information content (AvgIpc) is 3.02. The summed E-state index contributed by atoms with van der Waals surface area (Å²) in [7, 11) is 0. The van der Waals surface area contributed by atoms with Crippen LogP contribution in [-0.4, -0.2) is 33.2 Å². The van der Waals surface area contributed by atoms with Gasteiger partial charge in [0.2, 0.25) is 0 Å². The Labute approximate surface area is 179 Å². The second kappa shape index (κ2) is 8.96. The molecule has 0 radical (unpaired) electrons. The number of benzene rings is 1. The van der Waals surface area contributed by atoms with Crippen molar-refractivity contribution < 1.29 is 14.3 Å². The van der Waals surface area contributed by atoms with Crippen molar-refractivity contribution in [1.29, 1.82) is 0 Å². The molecular formula is C21H22ClN5O3. The van der Waals surface area contributed by atoms with Crippen LogP contribution in [0.25, 0.3) is 5.82 Å². The first-order valence-electron chi connectivity index (χ1n) is 9.23. The molecule has 3 rings (SSSR count). The standard InChI is InChI=1S/C21H22ClN5O3/c1-12-7-13(2)9-16(8-12)30-11-19(28)24-25-21(29)20-17(22)5-6-18(23-20)27-15(4)10-14(3)26-27/h5-10H,11H2,1-4H3,(H,24,28)(H,25,29). The van der Waals surface area contributed by atoms with Crippen LogP contribution < -0.4 is 15.6 Å². The summed E-state index contributed by atoms with van der Waals surface area (Å²) < 4.78 is 7.08. The van der Waals surface area contributed by atoms with Crippen LogP contribution in [0.5, 0.6) is 5.75 Å². The Morgan fingerprint density at radius 1 is 1.03 bits per heavy atom. The van der Waals surface area contributed by atoms with E-state index in [2.05, 4.69) is 20.9 Å². The third-order valence-electron chi connectivity index (χ3n) is 4.15. The number of aryl methyl sites for hydroxylation is 4. The van der Waals surface area contributed by atoms with Crippen molar-refractivity contribution in [3.8, 4) is 11.6 Å². The largest absolute Gasteiger partial charge is 0.484 e. The maximum absolute atomic E-state index is 12.5. The number of nitrogens with zero attached hydrogens (tertiary/aromatic N) is 3. The molecule has 0 atom stereocenters. The molecule has 1 aromatic carbocycles. The minimum Gasteiger partial charge on any atom is -0.484 e. The molecule has 2 N–H and O–H groups in total. The van der Waals surface area contributed by atoms with Gasteiger partial charge in [-0.1, -0.05) is 17.7 Å². The Kier molecular flexibility index (Phi) is 6.37. The van der Waals surface area contributed by atoms with Crippen molar-refractivity contribution in [2.24, 2.45) is 0 Å². The van der Waals surface area contributed by atoms with E-state index in [4.69, 9.17) is 16.3 Å². The van der Waals surface area contributed by atoms with E-state index >= 15 is 0 Å². The third-order valence-corrected chi connectivity index (χ3v) is 4.46. The lowest BCUT2D eigenvalue weighted by molar-refractivity contribution is -0.123. The van der Waals surface area contributed by atoms with Crippen molar-refractivity contribution in [2.45, 2.75) is 27.7 Å². The number of halogens is 1. The summed E-state index contributed by atoms with van der Waals surface area (Å²) in [6, 6.07) is 10.8. The van der Waals surface area contributed by atoms with E-state index in [1.54, 1.807) is 16.8 Å². The van der Waals surface area contributed by atoms with Crippen LogP contribution in [0.3, 0.4) is 0 Å². The van der Waals surface area contributed by atoms with Gasteiger partial charge in [0.25, 0.3) is 11.8 Å². The van der Waals surface area contributed by atoms with E-state index in [1.165, 1.54) is 0 Å². The van der Waals surface area contributed by atoms with Crippen LogP contribution in [0.2, 0.25) is 5.02 Å². The van der Waals surface area contributed by atoms with Crippen molar-refractivity contribution >= 4 is 23.4 Å². The van der Waals surface area contributed by atoms with Gasteiger partial charge in [-0.15, -0.1) is 0 Å². The zero-order valence-corrected chi connectivity index (χ0v) is 17.9. The maximum atomic E-state index is 12.5. The van der Waals surface area contributed by atoms with Crippen LogP contribution in [0.15, 0.2) is 36.4 Å². The molecule has 0 saturated heterocycles. The summed E-state index contributed by atoms with van der Waals surface area (Å²) in [5.74, 6) is -0.146. The van der Waals surface area contributed by atoms with Gasteiger partial charge in [0, 0.05) is 5.69 Å². The highest BCUT2D eigenvalue weighted by molar-refractivity contribution is 6.33. The molecule has 0 unspecified atom stereocenters. The summed E-state index contributed by atoms with van der Waals surface area (Å²) in [4.78, 5) is 28.8. The molecule has 0 spiro atoms. The lowest BCUT2D eigenvalue weighted by Gasteiger charge is -2.11. The number of carbonyl (C=O) groups is 2. The quantitative estimate of drug-likeness (QED) is 0.610. The van der Waals surface area contributed by atoms with E-state index in [0.29, 0.717) is 11.6 Å². The lowest BCUT2D eigenvalue weighted by Crippen LogP contribution is -2.44. The fourth-order valence-electron chi connectivity index (χ4n) is 2.96. The van der Waals surface area contributed by atoms with Crippen LogP contribution in [0.4, 0.5) is 0 Å². The van der Waals surface area contributed by atoms with Crippen LogP contribution >= 0.6 is 11.6 Å². The van der Waals surface area contributed by atoms with Gasteiger partial charge in [-0.3, -0.25) is 20.4 Å². The smallest absolute Gasteiger partial charge is 0.289 e. The van der Waals surface area contributed by atoms with Crippen LogP contribution in [0, 0.1) is 27.7 Å². The molecule has 2 aromatic heterocycles. The highest BCUT2D eigenvalue weighted by Crippen LogP contribution is 2.18. The van der Waals surface area contributed by atoms with Gasteiger partial charge >= 0.3 is 0 Å². The Hall–Kier alpha value is -3.39. The normalized spacial score (nSPS) is 10.6. The average molecular weight is 428 g/mol. The number of pyridine rings is 1. The van der Waals surface area contributed by atoms with E-state index in [-0.39, 0.29) is 17.3 Å². The molecule has 30 heavy (non-hydrogen) atoms. The van der Waals surface area contributed by atoms with Gasteiger partial charge < -0.3 is 4.74 Å². The molecule has 8 nitrogen and oxygen atoms in total. The summed E-state index contributed by atoms with van der Waals surface area (Å²) in [6.45, 7) is 7.37. The summed E-state index contributed by atoms with van der Waals surface area (Å²) in [6.07, 6.45) is 0. The molecule has 0 aliphatic carbocycles. The predicted octanol–water partition coefficient (Wildman–Crippen LogP) is 2.99. The van der Waals surface area contributed by atoms with Crippen molar-refractivity contribution in [2.75, 3.05) is 6.61 Å². The number of nitrogens with one attached hydrogen (secondary N) is 2. The van der Waals surface area contributed by atoms with Gasteiger partial charge in [0.15, 0.2) is 18.1 Å². The fourth-order valence-corrected chi connectivity index (χ4v) is 3.15. The van der Waals surface area contributed by atoms with Crippen LogP contribution in [-0.2, 0) is 4.79 Å². The topological polar surface area (TPSA) is 98.1 Å². The Morgan fingerprint density at radius 3 is 2.37 bits per heavy atom. The molecule has 0 aliphatic rings. The van der Waals surface area contributed by atoms with Gasteiger partial charge in [-0.25, -0.2) is 9.67 Å². The minimum atomic E-state index is -0.650. The van der Waals surface area contributed by atoms with Crippen molar-refractivity contribution in [3.05, 3.63) is 69.6 Å². The Morgan fingerprint density at radius 2 is 1.73 bits per heavy atom. The fraction of sp³-hybridized carbons (Fsp3) is 0.238. The van der Waals surface area contributed by atoms with E-state index in [0.717, 1.165) is 22.5 Å².